The van der Waals surface area contributed by atoms with Crippen molar-refractivity contribution in [2.45, 2.75) is 32.9 Å². The lowest BCUT2D eigenvalue weighted by atomic mass is 10.1. The van der Waals surface area contributed by atoms with E-state index in [-0.39, 0.29) is 11.9 Å². The van der Waals surface area contributed by atoms with Crippen molar-refractivity contribution in [3.8, 4) is 11.4 Å². The summed E-state index contributed by atoms with van der Waals surface area (Å²) in [5.41, 5.74) is 3.12. The maximum absolute atomic E-state index is 12.8. The molecule has 0 saturated heterocycles. The number of carbonyl (C=O) groups excluding carboxylic acids is 1. The van der Waals surface area contributed by atoms with Crippen LogP contribution in [0.1, 0.15) is 31.0 Å². The summed E-state index contributed by atoms with van der Waals surface area (Å²) in [5, 5.41) is 4.12. The van der Waals surface area contributed by atoms with Crippen LogP contribution >= 0.6 is 0 Å². The van der Waals surface area contributed by atoms with E-state index in [9.17, 15) is 4.79 Å². The van der Waals surface area contributed by atoms with Crippen LogP contribution in [0.25, 0.3) is 5.69 Å². The van der Waals surface area contributed by atoms with Crippen LogP contribution in [0.5, 0.6) is 5.75 Å². The second kappa shape index (κ2) is 8.03. The second-order valence-corrected chi connectivity index (χ2v) is 6.63. The third-order valence-electron chi connectivity index (χ3n) is 4.67. The van der Waals surface area contributed by atoms with Crippen LogP contribution in [0.15, 0.2) is 61.2 Å². The van der Waals surface area contributed by atoms with Crippen LogP contribution in [-0.2, 0) is 4.79 Å². The summed E-state index contributed by atoms with van der Waals surface area (Å²) < 4.78 is 7.49. The number of amides is 1. The standard InChI is InChI=1S/C21H24N4O2/c1-15-5-11-20(12-6-15)27-17(3)21(26)24(4)16(2)18-7-9-19(10-8-18)25-14-22-13-23-25/h5-14,16-17H,1-4H3. The molecule has 3 rings (SSSR count). The number of hydrogen-bond donors (Lipinski definition) is 0. The highest BCUT2D eigenvalue weighted by Gasteiger charge is 2.24. The smallest absolute Gasteiger partial charge is 0.263 e. The quantitative estimate of drug-likeness (QED) is 0.671. The molecule has 2 aromatic carbocycles. The molecule has 0 N–H and O–H groups in total. The van der Waals surface area contributed by atoms with E-state index < -0.39 is 6.10 Å². The first-order valence-corrected chi connectivity index (χ1v) is 8.90. The molecule has 27 heavy (non-hydrogen) atoms. The summed E-state index contributed by atoms with van der Waals surface area (Å²) >= 11 is 0. The van der Waals surface area contributed by atoms with Gasteiger partial charge in [-0.15, -0.1) is 0 Å². The fourth-order valence-corrected chi connectivity index (χ4v) is 2.82. The fourth-order valence-electron chi connectivity index (χ4n) is 2.82. The van der Waals surface area contributed by atoms with Crippen molar-refractivity contribution in [2.24, 2.45) is 0 Å². The number of nitrogens with zero attached hydrogens (tertiary/aromatic N) is 4. The van der Waals surface area contributed by atoms with Crippen molar-refractivity contribution in [1.82, 2.24) is 19.7 Å². The Bertz CT molecular complexity index is 874. The zero-order chi connectivity index (χ0) is 19.4. The average molecular weight is 364 g/mol. The number of rotatable bonds is 6. The van der Waals surface area contributed by atoms with Gasteiger partial charge in [0.1, 0.15) is 18.4 Å². The van der Waals surface area contributed by atoms with Crippen molar-refractivity contribution in [3.63, 3.8) is 0 Å². The molecule has 1 aromatic heterocycles. The van der Waals surface area contributed by atoms with Crippen LogP contribution < -0.4 is 4.74 Å². The summed E-state index contributed by atoms with van der Waals surface area (Å²) in [6.07, 6.45) is 2.59. The minimum absolute atomic E-state index is 0.0663. The van der Waals surface area contributed by atoms with Gasteiger partial charge < -0.3 is 9.64 Å². The predicted octanol–water partition coefficient (Wildman–Crippen LogP) is 3.56. The van der Waals surface area contributed by atoms with Crippen molar-refractivity contribution in [1.29, 1.82) is 0 Å². The Morgan fingerprint density at radius 1 is 1.07 bits per heavy atom. The number of benzene rings is 2. The lowest BCUT2D eigenvalue weighted by Crippen LogP contribution is -2.39. The molecule has 6 heteroatoms. The topological polar surface area (TPSA) is 60.2 Å². The summed E-state index contributed by atoms with van der Waals surface area (Å²) in [6, 6.07) is 15.5. The molecule has 1 amide bonds. The van der Waals surface area contributed by atoms with Gasteiger partial charge in [-0.25, -0.2) is 9.67 Å². The number of ether oxygens (including phenoxy) is 1. The molecular formula is C21H24N4O2. The predicted molar refractivity (Wildman–Crippen MR) is 104 cm³/mol. The molecule has 0 fully saturated rings. The largest absolute Gasteiger partial charge is 0.481 e. The highest BCUT2D eigenvalue weighted by atomic mass is 16.5. The second-order valence-electron chi connectivity index (χ2n) is 6.63. The van der Waals surface area contributed by atoms with E-state index in [2.05, 4.69) is 10.1 Å². The molecule has 6 nitrogen and oxygen atoms in total. The van der Waals surface area contributed by atoms with Crippen molar-refractivity contribution in [2.75, 3.05) is 7.05 Å². The Balaban J connectivity index is 1.65. The molecule has 3 aromatic rings. The Hall–Kier alpha value is -3.15. The minimum atomic E-state index is -0.561. The maximum Gasteiger partial charge on any atom is 0.263 e. The van der Waals surface area contributed by atoms with Gasteiger partial charge in [-0.1, -0.05) is 29.8 Å². The number of carbonyl (C=O) groups is 1. The van der Waals surface area contributed by atoms with Crippen molar-refractivity contribution < 1.29 is 9.53 Å². The Morgan fingerprint density at radius 2 is 1.74 bits per heavy atom. The molecule has 1 heterocycles. The SMILES string of the molecule is Cc1ccc(OC(C)C(=O)N(C)C(C)c2ccc(-n3cncn3)cc2)cc1. The zero-order valence-electron chi connectivity index (χ0n) is 16.0. The molecule has 0 radical (unpaired) electrons. The van der Waals surface area contributed by atoms with Crippen LogP contribution in [-0.4, -0.2) is 38.7 Å². The summed E-state index contributed by atoms with van der Waals surface area (Å²) in [4.78, 5) is 18.4. The molecule has 140 valence electrons. The summed E-state index contributed by atoms with van der Waals surface area (Å²) in [7, 11) is 1.80. The van der Waals surface area contributed by atoms with Gasteiger partial charge in [0, 0.05) is 7.05 Å². The first kappa shape index (κ1) is 18.6. The molecule has 0 bridgehead atoms. The molecule has 0 aliphatic carbocycles. The van der Waals surface area contributed by atoms with Crippen LogP contribution in [0.4, 0.5) is 0 Å². The summed E-state index contributed by atoms with van der Waals surface area (Å²) in [5.74, 6) is 0.628. The third-order valence-corrected chi connectivity index (χ3v) is 4.67. The van der Waals surface area contributed by atoms with E-state index in [1.165, 1.54) is 6.33 Å². The highest BCUT2D eigenvalue weighted by Crippen LogP contribution is 2.22. The molecule has 2 atom stereocenters. The van der Waals surface area contributed by atoms with E-state index in [0.717, 1.165) is 16.8 Å². The van der Waals surface area contributed by atoms with Gasteiger partial charge in [-0.2, -0.15) is 5.10 Å². The van der Waals surface area contributed by atoms with Gasteiger partial charge in [0.2, 0.25) is 0 Å². The Labute approximate surface area is 159 Å². The third kappa shape index (κ3) is 4.34. The molecule has 2 unspecified atom stereocenters. The van der Waals surface area contributed by atoms with Gasteiger partial charge in [-0.3, -0.25) is 4.79 Å². The zero-order valence-corrected chi connectivity index (χ0v) is 16.0. The average Bonchev–Trinajstić information content (AvgIpc) is 3.23. The maximum atomic E-state index is 12.8. The van der Waals surface area contributed by atoms with Gasteiger partial charge in [0.15, 0.2) is 6.10 Å². The first-order chi connectivity index (χ1) is 13.0. The van der Waals surface area contributed by atoms with Crippen molar-refractivity contribution >= 4 is 5.91 Å². The van der Waals surface area contributed by atoms with E-state index >= 15 is 0 Å². The fraction of sp³-hybridized carbons (Fsp3) is 0.286. The van der Waals surface area contributed by atoms with E-state index in [1.807, 2.05) is 62.4 Å². The Morgan fingerprint density at radius 3 is 2.33 bits per heavy atom. The molecule has 0 spiro atoms. The van der Waals surface area contributed by atoms with E-state index in [0.29, 0.717) is 5.75 Å². The van der Waals surface area contributed by atoms with Gasteiger partial charge in [0.25, 0.3) is 5.91 Å². The summed E-state index contributed by atoms with van der Waals surface area (Å²) in [6.45, 7) is 5.79. The van der Waals surface area contributed by atoms with Crippen LogP contribution in [0.2, 0.25) is 0 Å². The number of likely N-dealkylation sites (N-methyl/N-ethyl adjacent to an activating group) is 1. The molecule has 0 saturated carbocycles. The van der Waals surface area contributed by atoms with Gasteiger partial charge in [0.05, 0.1) is 11.7 Å². The van der Waals surface area contributed by atoms with Gasteiger partial charge >= 0.3 is 0 Å². The normalized spacial score (nSPS) is 13.0. The monoisotopic (exact) mass is 364 g/mol. The van der Waals surface area contributed by atoms with E-state index in [1.54, 1.807) is 29.9 Å². The molecule has 0 aliphatic rings. The lowest BCUT2D eigenvalue weighted by Gasteiger charge is -2.28. The lowest BCUT2D eigenvalue weighted by molar-refractivity contribution is -0.138. The van der Waals surface area contributed by atoms with Crippen molar-refractivity contribution in [3.05, 3.63) is 72.3 Å². The first-order valence-electron chi connectivity index (χ1n) is 8.90. The van der Waals surface area contributed by atoms with Gasteiger partial charge in [-0.05, 0) is 50.6 Å². The van der Waals surface area contributed by atoms with Crippen LogP contribution in [0, 0.1) is 6.92 Å². The van der Waals surface area contributed by atoms with E-state index in [4.69, 9.17) is 4.74 Å². The number of aromatic nitrogens is 3. The number of hydrogen-bond acceptors (Lipinski definition) is 4. The molecule has 0 aliphatic heterocycles. The molecular weight excluding hydrogens is 340 g/mol. The minimum Gasteiger partial charge on any atom is -0.481 e. The highest BCUT2D eigenvalue weighted by molar-refractivity contribution is 5.81. The number of aryl methyl sites for hydroxylation is 1. The van der Waals surface area contributed by atoms with Crippen LogP contribution in [0.3, 0.4) is 0 Å². The Kier molecular flexibility index (Phi) is 5.54.